The molecule has 2 N–H and O–H groups in total. The van der Waals surface area contributed by atoms with E-state index in [-0.39, 0.29) is 11.7 Å². The molecule has 126 valence electrons. The predicted molar refractivity (Wildman–Crippen MR) is 99.9 cm³/mol. The Labute approximate surface area is 146 Å². The number of amides is 1. The Hall–Kier alpha value is -3.14. The van der Waals surface area contributed by atoms with Crippen LogP contribution in [0.5, 0.6) is 0 Å². The average Bonchev–Trinajstić information content (AvgIpc) is 3.04. The van der Waals surface area contributed by atoms with Crippen LogP contribution in [0.2, 0.25) is 0 Å². The number of anilines is 1. The molecule has 0 radical (unpaired) electrons. The number of hydrogen-bond donors (Lipinski definition) is 2. The minimum atomic E-state index is -0.111. The maximum atomic E-state index is 13.0. The molecule has 1 aromatic heterocycles. The number of aromatic amines is 1. The monoisotopic (exact) mass is 332 g/mol. The number of ketones is 1. The van der Waals surface area contributed by atoms with E-state index in [1.807, 2.05) is 62.5 Å². The number of carbonyl (C=O) groups excluding carboxylic acids is 2. The highest BCUT2D eigenvalue weighted by molar-refractivity contribution is 6.13. The Morgan fingerprint density at radius 1 is 0.920 bits per heavy atom. The normalized spacial score (nSPS) is 10.5. The van der Waals surface area contributed by atoms with Crippen LogP contribution in [-0.2, 0) is 4.79 Å². The third-order valence-electron chi connectivity index (χ3n) is 4.13. The zero-order valence-electron chi connectivity index (χ0n) is 14.5. The molecule has 2 aromatic carbocycles. The van der Waals surface area contributed by atoms with Crippen molar-refractivity contribution in [1.29, 1.82) is 0 Å². The number of H-pyrrole nitrogens is 1. The van der Waals surface area contributed by atoms with Gasteiger partial charge < -0.3 is 10.3 Å². The fourth-order valence-corrected chi connectivity index (χ4v) is 2.94. The van der Waals surface area contributed by atoms with Gasteiger partial charge in [-0.05, 0) is 37.1 Å². The standard InChI is InChI=1S/C21H20N2O2/c1-13-4-9-18(14(2)10-13)21(25)20-12-22-11-19(20)16-5-7-17(8-6-16)23-15(3)24/h4-12,22H,1-3H3,(H,23,24). The molecule has 25 heavy (non-hydrogen) atoms. The molecule has 4 nitrogen and oxygen atoms in total. The molecule has 0 aliphatic carbocycles. The summed E-state index contributed by atoms with van der Waals surface area (Å²) >= 11 is 0. The summed E-state index contributed by atoms with van der Waals surface area (Å²) in [6.45, 7) is 5.44. The Morgan fingerprint density at radius 3 is 2.28 bits per heavy atom. The fourth-order valence-electron chi connectivity index (χ4n) is 2.94. The lowest BCUT2D eigenvalue weighted by molar-refractivity contribution is -0.114. The van der Waals surface area contributed by atoms with Crippen LogP contribution < -0.4 is 5.32 Å². The first-order valence-corrected chi connectivity index (χ1v) is 8.12. The third-order valence-corrected chi connectivity index (χ3v) is 4.13. The Bertz CT molecular complexity index is 937. The SMILES string of the molecule is CC(=O)Nc1ccc(-c2c[nH]cc2C(=O)c2ccc(C)cc2C)cc1. The van der Waals surface area contributed by atoms with E-state index in [1.54, 1.807) is 6.20 Å². The molecule has 0 fully saturated rings. The minimum Gasteiger partial charge on any atom is -0.366 e. The van der Waals surface area contributed by atoms with Crippen LogP contribution in [-0.4, -0.2) is 16.7 Å². The van der Waals surface area contributed by atoms with Crippen LogP contribution in [0.25, 0.3) is 11.1 Å². The lowest BCUT2D eigenvalue weighted by Gasteiger charge is -2.08. The van der Waals surface area contributed by atoms with Gasteiger partial charge >= 0.3 is 0 Å². The topological polar surface area (TPSA) is 62.0 Å². The Morgan fingerprint density at radius 2 is 1.64 bits per heavy atom. The summed E-state index contributed by atoms with van der Waals surface area (Å²) in [4.78, 5) is 27.1. The van der Waals surface area contributed by atoms with E-state index in [0.717, 1.165) is 27.9 Å². The van der Waals surface area contributed by atoms with E-state index in [9.17, 15) is 9.59 Å². The van der Waals surface area contributed by atoms with Gasteiger partial charge in [0.1, 0.15) is 0 Å². The van der Waals surface area contributed by atoms with E-state index in [2.05, 4.69) is 10.3 Å². The molecule has 1 amide bonds. The van der Waals surface area contributed by atoms with Gasteiger partial charge in [-0.15, -0.1) is 0 Å². The first-order valence-electron chi connectivity index (χ1n) is 8.12. The van der Waals surface area contributed by atoms with Crippen molar-refractivity contribution >= 4 is 17.4 Å². The number of nitrogens with one attached hydrogen (secondary N) is 2. The lowest BCUT2D eigenvalue weighted by Crippen LogP contribution is -2.05. The molecular formula is C21H20N2O2. The fraction of sp³-hybridized carbons (Fsp3) is 0.143. The quantitative estimate of drug-likeness (QED) is 0.692. The van der Waals surface area contributed by atoms with Crippen molar-refractivity contribution in [3.05, 3.63) is 77.1 Å². The second kappa shape index (κ2) is 6.77. The number of aryl methyl sites for hydroxylation is 2. The highest BCUT2D eigenvalue weighted by Gasteiger charge is 2.17. The number of hydrogen-bond acceptors (Lipinski definition) is 2. The summed E-state index contributed by atoms with van der Waals surface area (Å²) in [6.07, 6.45) is 3.56. The van der Waals surface area contributed by atoms with Crippen LogP contribution >= 0.6 is 0 Å². The van der Waals surface area contributed by atoms with Gasteiger partial charge in [-0.1, -0.05) is 35.9 Å². The summed E-state index contributed by atoms with van der Waals surface area (Å²) < 4.78 is 0. The van der Waals surface area contributed by atoms with Crippen molar-refractivity contribution < 1.29 is 9.59 Å². The summed E-state index contributed by atoms with van der Waals surface area (Å²) in [5, 5.41) is 2.74. The molecule has 0 saturated carbocycles. The molecule has 0 aliphatic rings. The van der Waals surface area contributed by atoms with Gasteiger partial charge in [0, 0.05) is 41.7 Å². The van der Waals surface area contributed by atoms with Crippen molar-refractivity contribution in [2.24, 2.45) is 0 Å². The van der Waals surface area contributed by atoms with Crippen molar-refractivity contribution in [3.8, 4) is 11.1 Å². The van der Waals surface area contributed by atoms with Gasteiger partial charge in [-0.25, -0.2) is 0 Å². The summed E-state index contributed by atoms with van der Waals surface area (Å²) in [5.41, 5.74) is 5.95. The van der Waals surface area contributed by atoms with Crippen molar-refractivity contribution in [2.45, 2.75) is 20.8 Å². The first kappa shape index (κ1) is 16.7. The molecule has 4 heteroatoms. The van der Waals surface area contributed by atoms with Gasteiger partial charge in [-0.3, -0.25) is 9.59 Å². The van der Waals surface area contributed by atoms with E-state index in [0.29, 0.717) is 11.1 Å². The van der Waals surface area contributed by atoms with Crippen molar-refractivity contribution in [1.82, 2.24) is 4.98 Å². The molecule has 0 bridgehead atoms. The molecular weight excluding hydrogens is 312 g/mol. The zero-order valence-corrected chi connectivity index (χ0v) is 14.5. The van der Waals surface area contributed by atoms with Crippen LogP contribution in [0.3, 0.4) is 0 Å². The van der Waals surface area contributed by atoms with E-state index < -0.39 is 0 Å². The second-order valence-electron chi connectivity index (χ2n) is 6.19. The molecule has 0 spiro atoms. The average molecular weight is 332 g/mol. The molecule has 0 saturated heterocycles. The zero-order chi connectivity index (χ0) is 18.0. The van der Waals surface area contributed by atoms with Crippen LogP contribution in [0.1, 0.15) is 34.0 Å². The first-order chi connectivity index (χ1) is 12.0. The Balaban J connectivity index is 1.95. The van der Waals surface area contributed by atoms with Crippen LogP contribution in [0, 0.1) is 13.8 Å². The minimum absolute atomic E-state index is 0.000289. The summed E-state index contributed by atoms with van der Waals surface area (Å²) in [7, 11) is 0. The van der Waals surface area contributed by atoms with Gasteiger partial charge in [0.05, 0.1) is 0 Å². The summed E-state index contributed by atoms with van der Waals surface area (Å²) in [5.74, 6) is -0.111. The number of aromatic nitrogens is 1. The largest absolute Gasteiger partial charge is 0.366 e. The van der Waals surface area contributed by atoms with E-state index >= 15 is 0 Å². The van der Waals surface area contributed by atoms with Crippen LogP contribution in [0.15, 0.2) is 54.9 Å². The second-order valence-corrected chi connectivity index (χ2v) is 6.19. The Kier molecular flexibility index (Phi) is 4.52. The van der Waals surface area contributed by atoms with Crippen molar-refractivity contribution in [2.75, 3.05) is 5.32 Å². The molecule has 3 aromatic rings. The van der Waals surface area contributed by atoms with Gasteiger partial charge in [-0.2, -0.15) is 0 Å². The number of benzene rings is 2. The molecule has 0 atom stereocenters. The lowest BCUT2D eigenvalue weighted by atomic mass is 9.94. The maximum Gasteiger partial charge on any atom is 0.221 e. The van der Waals surface area contributed by atoms with Gasteiger partial charge in [0.25, 0.3) is 0 Å². The van der Waals surface area contributed by atoms with Gasteiger partial charge in [0.15, 0.2) is 5.78 Å². The summed E-state index contributed by atoms with van der Waals surface area (Å²) in [6, 6.07) is 13.3. The highest BCUT2D eigenvalue weighted by Crippen LogP contribution is 2.27. The smallest absolute Gasteiger partial charge is 0.221 e. The molecule has 0 aliphatic heterocycles. The molecule has 1 heterocycles. The number of carbonyl (C=O) groups is 2. The van der Waals surface area contributed by atoms with E-state index in [1.165, 1.54) is 6.92 Å². The predicted octanol–water partition coefficient (Wildman–Crippen LogP) is 4.49. The molecule has 3 rings (SSSR count). The van der Waals surface area contributed by atoms with E-state index in [4.69, 9.17) is 0 Å². The highest BCUT2D eigenvalue weighted by atomic mass is 16.1. The van der Waals surface area contributed by atoms with Gasteiger partial charge in [0.2, 0.25) is 5.91 Å². The van der Waals surface area contributed by atoms with Crippen molar-refractivity contribution in [3.63, 3.8) is 0 Å². The van der Waals surface area contributed by atoms with Crippen LogP contribution in [0.4, 0.5) is 5.69 Å². The molecule has 0 unspecified atom stereocenters. The number of rotatable bonds is 4. The third kappa shape index (κ3) is 3.53. The maximum absolute atomic E-state index is 13.0.